The van der Waals surface area contributed by atoms with Crippen molar-refractivity contribution in [2.24, 2.45) is 0 Å². The highest BCUT2D eigenvalue weighted by molar-refractivity contribution is 6.32. The molecule has 0 saturated heterocycles. The zero-order valence-corrected chi connectivity index (χ0v) is 18.4. The van der Waals surface area contributed by atoms with Crippen LogP contribution in [-0.2, 0) is 16.0 Å². The number of carbonyl (C=O) groups excluding carboxylic acids is 1. The van der Waals surface area contributed by atoms with E-state index in [1.54, 1.807) is 25.1 Å². The molecule has 3 rings (SSSR count). The molecule has 31 heavy (non-hydrogen) atoms. The summed E-state index contributed by atoms with van der Waals surface area (Å²) in [7, 11) is 0. The second kappa shape index (κ2) is 11.2. The number of hydrogen-bond donors (Lipinski definition) is 2. The largest absolute Gasteiger partial charge is 0.489 e. The number of benzene rings is 2. The van der Waals surface area contributed by atoms with Crippen LogP contribution in [0.4, 0.5) is 0 Å². The first kappa shape index (κ1) is 23.2. The van der Waals surface area contributed by atoms with Crippen molar-refractivity contribution in [3.05, 3.63) is 53.1 Å². The second-order valence-electron chi connectivity index (χ2n) is 7.36. The van der Waals surface area contributed by atoms with Gasteiger partial charge in [0.2, 0.25) is 6.10 Å². The maximum absolute atomic E-state index is 11.8. The van der Waals surface area contributed by atoms with Gasteiger partial charge in [-0.15, -0.1) is 0 Å². The molecule has 1 aliphatic rings. The van der Waals surface area contributed by atoms with Crippen molar-refractivity contribution in [1.29, 1.82) is 0 Å². The third-order valence-corrected chi connectivity index (χ3v) is 5.04. The van der Waals surface area contributed by atoms with E-state index in [9.17, 15) is 9.90 Å². The number of fused-ring (bicyclic) bond motifs is 1. The molecular formula is C23H28ClNO6. The third kappa shape index (κ3) is 6.75. The highest BCUT2D eigenvalue weighted by Gasteiger charge is 2.28. The van der Waals surface area contributed by atoms with Gasteiger partial charge in [-0.1, -0.05) is 29.8 Å². The van der Waals surface area contributed by atoms with Gasteiger partial charge in [0.1, 0.15) is 25.1 Å². The van der Waals surface area contributed by atoms with E-state index in [1.165, 1.54) is 0 Å². The zero-order chi connectivity index (χ0) is 22.2. The van der Waals surface area contributed by atoms with Crippen molar-refractivity contribution >= 4 is 17.6 Å². The average molecular weight is 450 g/mol. The Hall–Kier alpha value is -2.48. The molecule has 0 aromatic heterocycles. The number of esters is 1. The van der Waals surface area contributed by atoms with Gasteiger partial charge >= 0.3 is 5.97 Å². The molecule has 0 bridgehead atoms. The fourth-order valence-electron chi connectivity index (χ4n) is 3.16. The molecule has 0 spiro atoms. The molecule has 2 aromatic rings. The van der Waals surface area contributed by atoms with E-state index in [1.807, 2.05) is 31.2 Å². The Bertz CT molecular complexity index is 877. The lowest BCUT2D eigenvalue weighted by molar-refractivity contribution is -0.153. The van der Waals surface area contributed by atoms with Gasteiger partial charge in [0, 0.05) is 12.6 Å². The van der Waals surface area contributed by atoms with Crippen molar-refractivity contribution in [2.75, 3.05) is 26.4 Å². The number of carbonyl (C=O) groups is 1. The van der Waals surface area contributed by atoms with E-state index < -0.39 is 18.2 Å². The molecule has 0 fully saturated rings. The molecular weight excluding hydrogens is 422 g/mol. The normalized spacial score (nSPS) is 17.0. The lowest BCUT2D eigenvalue weighted by Gasteiger charge is -2.25. The third-order valence-electron chi connectivity index (χ3n) is 4.73. The van der Waals surface area contributed by atoms with Gasteiger partial charge < -0.3 is 29.4 Å². The van der Waals surface area contributed by atoms with Gasteiger partial charge in [0.05, 0.1) is 11.6 Å². The van der Waals surface area contributed by atoms with Crippen molar-refractivity contribution in [2.45, 2.75) is 38.5 Å². The summed E-state index contributed by atoms with van der Waals surface area (Å²) < 4.78 is 21.9. The number of hydrogen-bond acceptors (Lipinski definition) is 7. The Labute approximate surface area is 187 Å². The highest BCUT2D eigenvalue weighted by Crippen LogP contribution is 2.33. The summed E-state index contributed by atoms with van der Waals surface area (Å²) >= 11 is 6.05. The van der Waals surface area contributed by atoms with Gasteiger partial charge in [-0.3, -0.25) is 0 Å². The summed E-state index contributed by atoms with van der Waals surface area (Å²) in [4.78, 5) is 11.8. The fourth-order valence-corrected chi connectivity index (χ4v) is 3.35. The van der Waals surface area contributed by atoms with Gasteiger partial charge in [-0.25, -0.2) is 4.79 Å². The van der Waals surface area contributed by atoms with E-state index >= 15 is 0 Å². The molecule has 1 heterocycles. The number of ether oxygens (including phenoxy) is 4. The van der Waals surface area contributed by atoms with Crippen LogP contribution >= 0.6 is 11.6 Å². The average Bonchev–Trinajstić information content (AvgIpc) is 2.77. The van der Waals surface area contributed by atoms with Gasteiger partial charge in [0.15, 0.2) is 11.5 Å². The second-order valence-corrected chi connectivity index (χ2v) is 7.77. The number of rotatable bonds is 10. The van der Waals surface area contributed by atoms with Crippen LogP contribution in [0, 0.1) is 0 Å². The number of para-hydroxylation sites is 1. The summed E-state index contributed by atoms with van der Waals surface area (Å²) in [5.41, 5.74) is 1.05. The van der Waals surface area contributed by atoms with Crippen LogP contribution in [0.25, 0.3) is 0 Å². The lowest BCUT2D eigenvalue weighted by Crippen LogP contribution is -2.38. The Morgan fingerprint density at radius 1 is 1.29 bits per heavy atom. The molecule has 0 saturated carbocycles. The summed E-state index contributed by atoms with van der Waals surface area (Å²) in [5, 5.41) is 14.0. The first-order chi connectivity index (χ1) is 15.0. The minimum absolute atomic E-state index is 0.116. The quantitative estimate of drug-likeness (QED) is 0.539. The number of aliphatic hydroxyl groups is 1. The topological polar surface area (TPSA) is 86.3 Å². The lowest BCUT2D eigenvalue weighted by atomic mass is 10.1. The molecule has 0 aliphatic carbocycles. The molecule has 2 aromatic carbocycles. The van der Waals surface area contributed by atoms with Gasteiger partial charge in [-0.05, 0) is 50.1 Å². The molecule has 3 atom stereocenters. The van der Waals surface area contributed by atoms with E-state index in [2.05, 4.69) is 5.32 Å². The molecule has 0 unspecified atom stereocenters. The summed E-state index contributed by atoms with van der Waals surface area (Å²) in [6.45, 7) is 4.75. The Morgan fingerprint density at radius 3 is 2.87 bits per heavy atom. The molecule has 0 amide bonds. The van der Waals surface area contributed by atoms with Crippen LogP contribution in [0.15, 0.2) is 42.5 Å². The Balaban J connectivity index is 1.44. The van der Waals surface area contributed by atoms with E-state index in [-0.39, 0.29) is 19.3 Å². The number of nitrogens with one attached hydrogen (secondary N) is 1. The molecule has 0 radical (unpaired) electrons. The van der Waals surface area contributed by atoms with Crippen LogP contribution in [0.1, 0.15) is 19.4 Å². The van der Waals surface area contributed by atoms with Gasteiger partial charge in [0.25, 0.3) is 0 Å². The van der Waals surface area contributed by atoms with Crippen molar-refractivity contribution in [1.82, 2.24) is 5.32 Å². The maximum atomic E-state index is 11.8. The highest BCUT2D eigenvalue weighted by atomic mass is 35.5. The predicted molar refractivity (Wildman–Crippen MR) is 117 cm³/mol. The van der Waals surface area contributed by atoms with Crippen LogP contribution in [0.3, 0.4) is 0 Å². The molecule has 8 heteroatoms. The monoisotopic (exact) mass is 449 g/mol. The van der Waals surface area contributed by atoms with E-state index in [4.69, 9.17) is 30.5 Å². The molecule has 168 valence electrons. The minimum Gasteiger partial charge on any atom is -0.489 e. The Morgan fingerprint density at radius 2 is 2.10 bits per heavy atom. The maximum Gasteiger partial charge on any atom is 0.350 e. The Kier molecular flexibility index (Phi) is 8.40. The smallest absolute Gasteiger partial charge is 0.350 e. The summed E-state index contributed by atoms with van der Waals surface area (Å²) in [6, 6.07) is 12.9. The summed E-state index contributed by atoms with van der Waals surface area (Å²) in [6.07, 6.45) is -0.678. The van der Waals surface area contributed by atoms with Crippen LogP contribution < -0.4 is 19.5 Å². The summed E-state index contributed by atoms with van der Waals surface area (Å²) in [5.74, 6) is 1.27. The number of aliphatic hydroxyl groups excluding tert-OH is 1. The fraction of sp³-hybridized carbons (Fsp3) is 0.435. The van der Waals surface area contributed by atoms with Gasteiger partial charge in [-0.2, -0.15) is 0 Å². The van der Waals surface area contributed by atoms with Crippen LogP contribution in [0.2, 0.25) is 5.02 Å². The first-order valence-electron chi connectivity index (χ1n) is 10.3. The van der Waals surface area contributed by atoms with E-state index in [0.717, 1.165) is 12.0 Å². The van der Waals surface area contributed by atoms with Crippen LogP contribution in [0.5, 0.6) is 17.2 Å². The minimum atomic E-state index is -0.742. The van der Waals surface area contributed by atoms with Crippen LogP contribution in [-0.4, -0.2) is 55.7 Å². The van der Waals surface area contributed by atoms with E-state index in [0.29, 0.717) is 35.4 Å². The SMILES string of the molecule is CCOC(=O)[C@H]1COc2cc(C[C@@H](C)NC[C@H](O)COc3ccccc3Cl)ccc2O1. The van der Waals surface area contributed by atoms with Crippen molar-refractivity contribution < 1.29 is 28.8 Å². The standard InChI is InChI=1S/C23H28ClNO6/c1-3-28-23(27)22-14-30-21-11-16(8-9-20(21)31-22)10-15(2)25-12-17(26)13-29-19-7-5-4-6-18(19)24/h4-9,11,15,17,22,25-26H,3,10,12-14H2,1-2H3/t15-,17+,22-/m1/s1. The van der Waals surface area contributed by atoms with Crippen molar-refractivity contribution in [3.63, 3.8) is 0 Å². The first-order valence-corrected chi connectivity index (χ1v) is 10.7. The molecule has 2 N–H and O–H groups in total. The predicted octanol–water partition coefficient (Wildman–Crippen LogP) is 3.00. The molecule has 1 aliphatic heterocycles. The van der Waals surface area contributed by atoms with Crippen molar-refractivity contribution in [3.8, 4) is 17.2 Å². The zero-order valence-electron chi connectivity index (χ0n) is 17.7. The number of halogens is 1. The molecule has 7 nitrogen and oxygen atoms in total.